The lowest BCUT2D eigenvalue weighted by atomic mass is 10.2. The van der Waals surface area contributed by atoms with Crippen molar-refractivity contribution in [3.8, 4) is 11.5 Å². The first-order chi connectivity index (χ1) is 18.4. The number of nitrogens with zero attached hydrogens (tertiary/aromatic N) is 4. The van der Waals surface area contributed by atoms with Crippen LogP contribution in [-0.4, -0.2) is 81.0 Å². The summed E-state index contributed by atoms with van der Waals surface area (Å²) in [4.78, 5) is 22.7. The maximum absolute atomic E-state index is 13.8. The van der Waals surface area contributed by atoms with Gasteiger partial charge in [0.25, 0.3) is 5.91 Å². The Bertz CT molecular complexity index is 1340. The third-order valence-electron chi connectivity index (χ3n) is 7.11. The van der Waals surface area contributed by atoms with Crippen LogP contribution in [-0.2, 0) is 10.0 Å². The molecule has 0 unspecified atom stereocenters. The summed E-state index contributed by atoms with van der Waals surface area (Å²) in [7, 11) is -3.56. The molecule has 0 saturated carbocycles. The summed E-state index contributed by atoms with van der Waals surface area (Å²) < 4.78 is 40.0. The van der Waals surface area contributed by atoms with E-state index in [2.05, 4.69) is 18.7 Å². The van der Waals surface area contributed by atoms with Crippen molar-refractivity contribution in [2.45, 2.75) is 38.0 Å². The highest BCUT2D eigenvalue weighted by Crippen LogP contribution is 2.39. The lowest BCUT2D eigenvalue weighted by molar-refractivity contribution is 0.0983. The molecule has 0 N–H and O–H groups in total. The molecule has 11 heteroatoms. The van der Waals surface area contributed by atoms with Crippen LogP contribution in [0.25, 0.3) is 10.2 Å². The normalized spacial score (nSPS) is 16.2. The topological polar surface area (TPSA) is 92.3 Å². The molecule has 1 amide bonds. The van der Waals surface area contributed by atoms with E-state index in [0.717, 1.165) is 42.6 Å². The Morgan fingerprint density at radius 3 is 2.29 bits per heavy atom. The predicted octanol–water partition coefficient (Wildman–Crippen LogP) is 4.23. The first-order valence-corrected chi connectivity index (χ1v) is 15.5. The number of anilines is 1. The number of benzene rings is 2. The number of carbonyl (C=O) groups excluding carboxylic acids is 1. The summed E-state index contributed by atoms with van der Waals surface area (Å²) in [5, 5.41) is 0.588. The van der Waals surface area contributed by atoms with Gasteiger partial charge >= 0.3 is 0 Å². The molecule has 5 rings (SSSR count). The van der Waals surface area contributed by atoms with Crippen molar-refractivity contribution in [2.24, 2.45) is 0 Å². The molecule has 9 nitrogen and oxygen atoms in total. The van der Waals surface area contributed by atoms with Crippen molar-refractivity contribution in [3.63, 3.8) is 0 Å². The van der Waals surface area contributed by atoms with E-state index in [1.54, 1.807) is 29.2 Å². The van der Waals surface area contributed by atoms with Gasteiger partial charge in [-0.2, -0.15) is 4.31 Å². The number of thiazole rings is 1. The number of likely N-dealkylation sites (N-methyl/N-ethyl adjacent to an activating group) is 1. The van der Waals surface area contributed by atoms with Gasteiger partial charge in [0.15, 0.2) is 16.6 Å². The zero-order valence-electron chi connectivity index (χ0n) is 21.9. The average molecular weight is 559 g/mol. The van der Waals surface area contributed by atoms with Crippen molar-refractivity contribution in [1.29, 1.82) is 0 Å². The third-order valence-corrected chi connectivity index (χ3v) is 10.1. The van der Waals surface area contributed by atoms with Crippen LogP contribution in [0.2, 0.25) is 0 Å². The molecule has 2 aliphatic rings. The fourth-order valence-corrected chi connectivity index (χ4v) is 7.33. The fraction of sp³-hybridized carbons (Fsp3) is 0.481. The Morgan fingerprint density at radius 2 is 1.63 bits per heavy atom. The second kappa shape index (κ2) is 11.6. The van der Waals surface area contributed by atoms with E-state index in [4.69, 9.17) is 14.5 Å². The van der Waals surface area contributed by atoms with Crippen LogP contribution < -0.4 is 14.4 Å². The summed E-state index contributed by atoms with van der Waals surface area (Å²) >= 11 is 1.43. The second-order valence-corrected chi connectivity index (χ2v) is 12.4. The standard InChI is InChI=1S/C27H34N4O5S2/c1-3-29(4-2)14-15-31(27-28-22-18-23-24(19-25(22)37-27)36-17-16-35-23)26(32)20-8-10-21(11-9-20)38(33,34)30-12-6-5-7-13-30/h8-11,18-19H,3-7,12-17H2,1-2H3. The predicted molar refractivity (Wildman–Crippen MR) is 149 cm³/mol. The molecule has 2 aliphatic heterocycles. The quantitative estimate of drug-likeness (QED) is 0.388. The van der Waals surface area contributed by atoms with Crippen LogP contribution in [0, 0.1) is 0 Å². The molecule has 1 saturated heterocycles. The molecule has 0 spiro atoms. The lowest BCUT2D eigenvalue weighted by Crippen LogP contribution is -2.39. The van der Waals surface area contributed by atoms with E-state index in [9.17, 15) is 13.2 Å². The number of fused-ring (bicyclic) bond motifs is 2. The number of sulfonamides is 1. The highest BCUT2D eigenvalue weighted by molar-refractivity contribution is 7.89. The van der Waals surface area contributed by atoms with E-state index in [1.807, 2.05) is 12.1 Å². The minimum Gasteiger partial charge on any atom is -0.486 e. The number of ether oxygens (including phenoxy) is 2. The van der Waals surface area contributed by atoms with Crippen molar-refractivity contribution < 1.29 is 22.7 Å². The third kappa shape index (κ3) is 5.51. The number of hydrogen-bond donors (Lipinski definition) is 0. The molecule has 0 aliphatic carbocycles. The van der Waals surface area contributed by atoms with Crippen molar-refractivity contribution in [2.75, 3.05) is 57.4 Å². The van der Waals surface area contributed by atoms with Crippen molar-refractivity contribution >= 4 is 42.6 Å². The van der Waals surface area contributed by atoms with Gasteiger partial charge < -0.3 is 14.4 Å². The van der Waals surface area contributed by atoms with Gasteiger partial charge in [-0.15, -0.1) is 0 Å². The van der Waals surface area contributed by atoms with E-state index >= 15 is 0 Å². The second-order valence-electron chi connectivity index (χ2n) is 9.43. The van der Waals surface area contributed by atoms with Crippen LogP contribution in [0.1, 0.15) is 43.5 Å². The zero-order valence-corrected chi connectivity index (χ0v) is 23.5. The molecule has 38 heavy (non-hydrogen) atoms. The first-order valence-electron chi connectivity index (χ1n) is 13.3. The van der Waals surface area contributed by atoms with Crippen LogP contribution in [0.5, 0.6) is 11.5 Å². The molecule has 3 aromatic rings. The van der Waals surface area contributed by atoms with Gasteiger partial charge in [-0.1, -0.05) is 31.6 Å². The number of hydrogen-bond acceptors (Lipinski definition) is 8. The summed E-state index contributed by atoms with van der Waals surface area (Å²) in [6.45, 7) is 9.18. The summed E-state index contributed by atoms with van der Waals surface area (Å²) in [6, 6.07) is 10.1. The molecule has 2 aromatic carbocycles. The van der Waals surface area contributed by atoms with Crippen LogP contribution in [0.3, 0.4) is 0 Å². The number of amides is 1. The van der Waals surface area contributed by atoms with Gasteiger partial charge in [-0.25, -0.2) is 13.4 Å². The van der Waals surface area contributed by atoms with E-state index < -0.39 is 10.0 Å². The Kier molecular flexibility index (Phi) is 8.18. The molecule has 0 bridgehead atoms. The Hall–Kier alpha value is -2.73. The Balaban J connectivity index is 1.43. The van der Waals surface area contributed by atoms with E-state index in [-0.39, 0.29) is 10.8 Å². The summed E-state index contributed by atoms with van der Waals surface area (Å²) in [5.41, 5.74) is 1.17. The van der Waals surface area contributed by atoms with Gasteiger partial charge in [-0.3, -0.25) is 9.69 Å². The highest BCUT2D eigenvalue weighted by Gasteiger charge is 2.27. The molecule has 1 aromatic heterocycles. The van der Waals surface area contributed by atoms with Crippen molar-refractivity contribution in [1.82, 2.24) is 14.2 Å². The van der Waals surface area contributed by atoms with Crippen LogP contribution in [0.4, 0.5) is 5.13 Å². The average Bonchev–Trinajstić information content (AvgIpc) is 3.36. The van der Waals surface area contributed by atoms with Gasteiger partial charge in [-0.05, 0) is 50.2 Å². The Labute approximate surface area is 228 Å². The van der Waals surface area contributed by atoms with Crippen LogP contribution >= 0.6 is 11.3 Å². The fourth-order valence-electron chi connectivity index (χ4n) is 4.81. The molecule has 0 atom stereocenters. The SMILES string of the molecule is CCN(CC)CCN(C(=O)c1ccc(S(=O)(=O)N2CCCCC2)cc1)c1nc2cc3c(cc2s1)OCCO3. The molecule has 204 valence electrons. The lowest BCUT2D eigenvalue weighted by Gasteiger charge is -2.26. The number of carbonyl (C=O) groups is 1. The molecule has 1 fully saturated rings. The molecule has 3 heterocycles. The highest BCUT2D eigenvalue weighted by atomic mass is 32.2. The van der Waals surface area contributed by atoms with Gasteiger partial charge in [0.2, 0.25) is 10.0 Å². The summed E-state index contributed by atoms with van der Waals surface area (Å²) in [5.74, 6) is 1.13. The molecule has 0 radical (unpaired) electrons. The van der Waals surface area contributed by atoms with Crippen LogP contribution in [0.15, 0.2) is 41.3 Å². The van der Waals surface area contributed by atoms with Gasteiger partial charge in [0, 0.05) is 43.9 Å². The minimum absolute atomic E-state index is 0.213. The zero-order chi connectivity index (χ0) is 26.7. The van der Waals surface area contributed by atoms with E-state index in [1.165, 1.54) is 15.6 Å². The summed E-state index contributed by atoms with van der Waals surface area (Å²) in [6.07, 6.45) is 2.80. The number of aromatic nitrogens is 1. The maximum Gasteiger partial charge on any atom is 0.260 e. The number of rotatable bonds is 9. The maximum atomic E-state index is 13.8. The largest absolute Gasteiger partial charge is 0.486 e. The van der Waals surface area contributed by atoms with E-state index in [0.29, 0.717) is 61.6 Å². The minimum atomic E-state index is -3.56. The smallest absolute Gasteiger partial charge is 0.260 e. The van der Waals surface area contributed by atoms with Crippen molar-refractivity contribution in [3.05, 3.63) is 42.0 Å². The van der Waals surface area contributed by atoms with Gasteiger partial charge in [0.1, 0.15) is 13.2 Å². The first kappa shape index (κ1) is 26.9. The molecular weight excluding hydrogens is 524 g/mol. The Morgan fingerprint density at radius 1 is 0.974 bits per heavy atom. The monoisotopic (exact) mass is 558 g/mol. The molecular formula is C27H34N4O5S2. The number of piperidine rings is 1. The van der Waals surface area contributed by atoms with Gasteiger partial charge in [0.05, 0.1) is 15.1 Å².